The van der Waals surface area contributed by atoms with Crippen LogP contribution in [-0.2, 0) is 14.3 Å². The number of amides is 2. The Kier molecular flexibility index (Phi) is 9.29. The molecule has 2 aromatic carbocycles. The summed E-state index contributed by atoms with van der Waals surface area (Å²) in [6, 6.07) is 14.9. The lowest BCUT2D eigenvalue weighted by Crippen LogP contribution is -2.50. The molecule has 1 aliphatic carbocycles. The number of unbranched alkanes of at least 4 members (excludes halogenated alkanes) is 1. The standard InChI is InChI=1S/C28H36N2O5/c1-4-5-10-19(16-26(31)32)29-27(33)25(15-18(2)3)30-28(34)35-17-24-22-13-8-6-11-20(22)21-12-7-9-14-23(21)24/h6-9,11-14,18-19,24-25H,4-5,10,15-17H2,1-3H3,(H,29,33)(H,30,34)(H,31,32). The van der Waals surface area contributed by atoms with E-state index in [-0.39, 0.29) is 30.8 Å². The highest BCUT2D eigenvalue weighted by Crippen LogP contribution is 2.44. The van der Waals surface area contributed by atoms with Gasteiger partial charge in [0.1, 0.15) is 12.6 Å². The summed E-state index contributed by atoms with van der Waals surface area (Å²) < 4.78 is 5.61. The smallest absolute Gasteiger partial charge is 0.407 e. The molecule has 2 atom stereocenters. The van der Waals surface area contributed by atoms with Crippen LogP contribution < -0.4 is 10.6 Å². The first-order chi connectivity index (χ1) is 16.8. The van der Waals surface area contributed by atoms with Gasteiger partial charge in [0.25, 0.3) is 0 Å². The number of alkyl carbamates (subject to hydrolysis) is 1. The Labute approximate surface area is 207 Å². The highest BCUT2D eigenvalue weighted by Gasteiger charge is 2.30. The lowest BCUT2D eigenvalue weighted by atomic mass is 9.98. The summed E-state index contributed by atoms with van der Waals surface area (Å²) in [4.78, 5) is 37.0. The first-order valence-electron chi connectivity index (χ1n) is 12.4. The molecule has 7 heteroatoms. The number of aliphatic carboxylic acids is 1. The van der Waals surface area contributed by atoms with Crippen molar-refractivity contribution in [3.63, 3.8) is 0 Å². The summed E-state index contributed by atoms with van der Waals surface area (Å²) in [5.41, 5.74) is 4.52. The molecular weight excluding hydrogens is 444 g/mol. The topological polar surface area (TPSA) is 105 Å². The monoisotopic (exact) mass is 480 g/mol. The molecule has 0 saturated heterocycles. The van der Waals surface area contributed by atoms with Crippen LogP contribution >= 0.6 is 0 Å². The number of carbonyl (C=O) groups excluding carboxylic acids is 2. The van der Waals surface area contributed by atoms with Crippen LogP contribution in [0.1, 0.15) is 69.9 Å². The van der Waals surface area contributed by atoms with Gasteiger partial charge in [0, 0.05) is 12.0 Å². The summed E-state index contributed by atoms with van der Waals surface area (Å²) in [5, 5.41) is 14.7. The number of benzene rings is 2. The van der Waals surface area contributed by atoms with Crippen molar-refractivity contribution in [1.29, 1.82) is 0 Å². The zero-order chi connectivity index (χ0) is 25.4. The number of hydrogen-bond donors (Lipinski definition) is 3. The molecule has 0 spiro atoms. The molecule has 0 saturated carbocycles. The number of hydrogen-bond acceptors (Lipinski definition) is 4. The second-order valence-corrected chi connectivity index (χ2v) is 9.60. The quantitative estimate of drug-likeness (QED) is 0.392. The zero-order valence-corrected chi connectivity index (χ0v) is 20.8. The Hall–Kier alpha value is -3.35. The van der Waals surface area contributed by atoms with Crippen LogP contribution in [0.3, 0.4) is 0 Å². The largest absolute Gasteiger partial charge is 0.481 e. The lowest BCUT2D eigenvalue weighted by molar-refractivity contribution is -0.137. The molecule has 0 heterocycles. The fraction of sp³-hybridized carbons (Fsp3) is 0.464. The lowest BCUT2D eigenvalue weighted by Gasteiger charge is -2.24. The second-order valence-electron chi connectivity index (χ2n) is 9.60. The van der Waals surface area contributed by atoms with Gasteiger partial charge < -0.3 is 20.5 Å². The van der Waals surface area contributed by atoms with E-state index in [0.717, 1.165) is 35.1 Å². The number of fused-ring (bicyclic) bond motifs is 3. The molecule has 2 unspecified atom stereocenters. The van der Waals surface area contributed by atoms with E-state index in [1.165, 1.54) is 0 Å². The van der Waals surface area contributed by atoms with E-state index in [9.17, 15) is 19.5 Å². The molecule has 0 aliphatic heterocycles. The molecule has 0 aromatic heterocycles. The molecule has 35 heavy (non-hydrogen) atoms. The van der Waals surface area contributed by atoms with Crippen LogP contribution in [0, 0.1) is 5.92 Å². The second kappa shape index (κ2) is 12.4. The minimum absolute atomic E-state index is 0.0699. The molecule has 188 valence electrons. The van der Waals surface area contributed by atoms with Crippen LogP contribution in [0.15, 0.2) is 48.5 Å². The number of carboxylic acids is 1. The van der Waals surface area contributed by atoms with E-state index < -0.39 is 24.1 Å². The van der Waals surface area contributed by atoms with Gasteiger partial charge in [-0.3, -0.25) is 9.59 Å². The summed E-state index contributed by atoms with van der Waals surface area (Å²) in [7, 11) is 0. The summed E-state index contributed by atoms with van der Waals surface area (Å²) in [6.07, 6.45) is 1.91. The van der Waals surface area contributed by atoms with Gasteiger partial charge in [0.05, 0.1) is 6.42 Å². The van der Waals surface area contributed by atoms with E-state index in [1.807, 2.05) is 45.0 Å². The van der Waals surface area contributed by atoms with Crippen molar-refractivity contribution >= 4 is 18.0 Å². The van der Waals surface area contributed by atoms with Gasteiger partial charge in [-0.05, 0) is 41.0 Å². The molecule has 0 fully saturated rings. The van der Waals surface area contributed by atoms with E-state index in [4.69, 9.17) is 4.74 Å². The van der Waals surface area contributed by atoms with Gasteiger partial charge in [0.2, 0.25) is 5.91 Å². The maximum Gasteiger partial charge on any atom is 0.407 e. The molecule has 7 nitrogen and oxygen atoms in total. The third-order valence-electron chi connectivity index (χ3n) is 6.33. The molecule has 0 radical (unpaired) electrons. The van der Waals surface area contributed by atoms with Crippen molar-refractivity contribution in [2.24, 2.45) is 5.92 Å². The van der Waals surface area contributed by atoms with E-state index in [0.29, 0.717) is 12.8 Å². The van der Waals surface area contributed by atoms with Crippen LogP contribution in [0.25, 0.3) is 11.1 Å². The van der Waals surface area contributed by atoms with Crippen molar-refractivity contribution in [3.8, 4) is 11.1 Å². The average Bonchev–Trinajstić information content (AvgIpc) is 3.14. The number of ether oxygens (including phenoxy) is 1. The molecule has 1 aliphatic rings. The number of carbonyl (C=O) groups is 3. The molecule has 3 rings (SSSR count). The predicted octanol–water partition coefficient (Wildman–Crippen LogP) is 5.09. The van der Waals surface area contributed by atoms with Gasteiger partial charge in [-0.25, -0.2) is 4.79 Å². The Morgan fingerprint density at radius 2 is 1.57 bits per heavy atom. The Bertz CT molecular complexity index is 990. The Morgan fingerprint density at radius 1 is 0.971 bits per heavy atom. The average molecular weight is 481 g/mol. The first-order valence-corrected chi connectivity index (χ1v) is 12.4. The van der Waals surface area contributed by atoms with Crippen LogP contribution in [0.4, 0.5) is 4.79 Å². The van der Waals surface area contributed by atoms with Crippen molar-refractivity contribution in [3.05, 3.63) is 59.7 Å². The highest BCUT2D eigenvalue weighted by atomic mass is 16.5. The summed E-state index contributed by atoms with van der Waals surface area (Å²) in [6.45, 7) is 6.10. The van der Waals surface area contributed by atoms with Crippen molar-refractivity contribution < 1.29 is 24.2 Å². The normalized spacial score (nSPS) is 14.1. The Balaban J connectivity index is 1.64. The number of carboxylic acid groups (broad SMARTS) is 1. The molecular formula is C28H36N2O5. The van der Waals surface area contributed by atoms with Gasteiger partial charge in [-0.1, -0.05) is 82.1 Å². The molecule has 2 aromatic rings. The third-order valence-corrected chi connectivity index (χ3v) is 6.33. The van der Waals surface area contributed by atoms with Crippen molar-refractivity contribution in [2.75, 3.05) is 6.61 Å². The minimum Gasteiger partial charge on any atom is -0.481 e. The zero-order valence-electron chi connectivity index (χ0n) is 20.8. The fourth-order valence-electron chi connectivity index (χ4n) is 4.67. The minimum atomic E-state index is -0.962. The fourth-order valence-corrected chi connectivity index (χ4v) is 4.67. The number of nitrogens with one attached hydrogen (secondary N) is 2. The van der Waals surface area contributed by atoms with Gasteiger partial charge >= 0.3 is 12.1 Å². The maximum absolute atomic E-state index is 13.0. The summed E-state index contributed by atoms with van der Waals surface area (Å²) >= 11 is 0. The molecule has 3 N–H and O–H groups in total. The van der Waals surface area contributed by atoms with Gasteiger partial charge in [0.15, 0.2) is 0 Å². The van der Waals surface area contributed by atoms with Gasteiger partial charge in [-0.2, -0.15) is 0 Å². The highest BCUT2D eigenvalue weighted by molar-refractivity contribution is 5.86. The van der Waals surface area contributed by atoms with Crippen LogP contribution in [-0.4, -0.2) is 41.8 Å². The van der Waals surface area contributed by atoms with Crippen molar-refractivity contribution in [2.45, 2.75) is 70.9 Å². The SMILES string of the molecule is CCCCC(CC(=O)O)NC(=O)C(CC(C)C)NC(=O)OCC1c2ccccc2-c2ccccc21. The van der Waals surface area contributed by atoms with Crippen molar-refractivity contribution in [1.82, 2.24) is 10.6 Å². The van der Waals surface area contributed by atoms with E-state index in [2.05, 4.69) is 34.9 Å². The summed E-state index contributed by atoms with van der Waals surface area (Å²) in [5.74, 6) is -1.27. The van der Waals surface area contributed by atoms with Crippen LogP contribution in [0.5, 0.6) is 0 Å². The first kappa shape index (κ1) is 26.3. The molecule has 2 amide bonds. The predicted molar refractivity (Wildman–Crippen MR) is 135 cm³/mol. The molecule has 0 bridgehead atoms. The van der Waals surface area contributed by atoms with Gasteiger partial charge in [-0.15, -0.1) is 0 Å². The number of rotatable bonds is 12. The maximum atomic E-state index is 13.0. The van der Waals surface area contributed by atoms with E-state index >= 15 is 0 Å². The van der Waals surface area contributed by atoms with Crippen LogP contribution in [0.2, 0.25) is 0 Å². The Morgan fingerprint density at radius 3 is 2.11 bits per heavy atom. The van der Waals surface area contributed by atoms with E-state index in [1.54, 1.807) is 0 Å². The third kappa shape index (κ3) is 7.07.